The van der Waals surface area contributed by atoms with Crippen LogP contribution in [0.5, 0.6) is 5.75 Å². The van der Waals surface area contributed by atoms with E-state index in [2.05, 4.69) is 23.1 Å². The third kappa shape index (κ3) is 6.09. The molecule has 2 atom stereocenters. The van der Waals surface area contributed by atoms with E-state index in [1.54, 1.807) is 13.2 Å². The average Bonchev–Trinajstić information content (AvgIpc) is 3.27. The van der Waals surface area contributed by atoms with Crippen molar-refractivity contribution in [2.24, 2.45) is 11.8 Å². The zero-order valence-electron chi connectivity index (χ0n) is 20.9. The van der Waals surface area contributed by atoms with E-state index in [0.29, 0.717) is 25.2 Å². The molecule has 4 nitrogen and oxygen atoms in total. The first kappa shape index (κ1) is 24.9. The van der Waals surface area contributed by atoms with Crippen molar-refractivity contribution in [2.75, 3.05) is 26.7 Å². The van der Waals surface area contributed by atoms with Crippen LogP contribution in [0, 0.1) is 17.7 Å². The lowest BCUT2D eigenvalue weighted by molar-refractivity contribution is -0.135. The van der Waals surface area contributed by atoms with Gasteiger partial charge in [0.15, 0.2) is 0 Å². The predicted octanol–water partition coefficient (Wildman–Crippen LogP) is 5.73. The molecule has 35 heavy (non-hydrogen) atoms. The van der Waals surface area contributed by atoms with Crippen LogP contribution in [0.25, 0.3) is 0 Å². The molecule has 184 valence electrons. The fourth-order valence-electron chi connectivity index (χ4n) is 5.15. The third-order valence-corrected chi connectivity index (χ3v) is 6.88. The smallest absolute Gasteiger partial charge is 0.225 e. The molecule has 3 aromatic carbocycles. The van der Waals surface area contributed by atoms with E-state index in [0.717, 1.165) is 30.0 Å². The van der Waals surface area contributed by atoms with Gasteiger partial charge in [-0.25, -0.2) is 4.39 Å². The van der Waals surface area contributed by atoms with Crippen molar-refractivity contribution >= 4 is 5.91 Å². The molecule has 1 aliphatic rings. The number of halogens is 1. The van der Waals surface area contributed by atoms with E-state index in [9.17, 15) is 9.18 Å². The highest BCUT2D eigenvalue weighted by Crippen LogP contribution is 2.39. The minimum atomic E-state index is -0.175. The molecule has 2 unspecified atom stereocenters. The predicted molar refractivity (Wildman–Crippen MR) is 138 cm³/mol. The van der Waals surface area contributed by atoms with Crippen LogP contribution in [0.2, 0.25) is 0 Å². The zero-order chi connectivity index (χ0) is 24.8. The molecular weight excluding hydrogens is 439 g/mol. The van der Waals surface area contributed by atoms with E-state index in [1.807, 2.05) is 67.3 Å². The third-order valence-electron chi connectivity index (χ3n) is 6.88. The summed E-state index contributed by atoms with van der Waals surface area (Å²) in [5, 5.41) is 0. The number of carbonyl (C=O) groups is 1. The lowest BCUT2D eigenvalue weighted by Gasteiger charge is -2.30. The molecule has 5 heteroatoms. The first-order chi connectivity index (χ1) is 17.0. The van der Waals surface area contributed by atoms with Crippen molar-refractivity contribution in [2.45, 2.75) is 32.9 Å². The van der Waals surface area contributed by atoms with Gasteiger partial charge in [0.2, 0.25) is 5.91 Å². The van der Waals surface area contributed by atoms with E-state index in [1.165, 1.54) is 6.07 Å². The Morgan fingerprint density at radius 2 is 1.69 bits per heavy atom. The van der Waals surface area contributed by atoms with Crippen molar-refractivity contribution in [3.05, 3.63) is 101 Å². The van der Waals surface area contributed by atoms with Crippen LogP contribution >= 0.6 is 0 Å². The van der Waals surface area contributed by atoms with Crippen molar-refractivity contribution in [1.29, 1.82) is 0 Å². The van der Waals surface area contributed by atoms with Crippen molar-refractivity contribution in [3.63, 3.8) is 0 Å². The summed E-state index contributed by atoms with van der Waals surface area (Å²) in [5.41, 5.74) is 2.97. The quantitative estimate of drug-likeness (QED) is 0.397. The highest BCUT2D eigenvalue weighted by Gasteiger charge is 2.37. The Hall–Kier alpha value is -3.18. The average molecular weight is 475 g/mol. The Bertz CT molecular complexity index is 1120. The van der Waals surface area contributed by atoms with Gasteiger partial charge in [-0.15, -0.1) is 0 Å². The second kappa shape index (κ2) is 11.5. The minimum Gasteiger partial charge on any atom is -0.496 e. The summed E-state index contributed by atoms with van der Waals surface area (Å²) in [6.45, 7) is 7.25. The summed E-state index contributed by atoms with van der Waals surface area (Å²) in [4.78, 5) is 17.6. The first-order valence-corrected chi connectivity index (χ1v) is 12.4. The number of rotatable bonds is 9. The zero-order valence-corrected chi connectivity index (χ0v) is 20.9. The summed E-state index contributed by atoms with van der Waals surface area (Å²) in [5.74, 6) is 1.13. The van der Waals surface area contributed by atoms with E-state index in [-0.39, 0.29) is 29.5 Å². The normalized spacial score (nSPS) is 18.1. The molecule has 0 saturated carbocycles. The molecule has 3 aromatic rings. The maximum Gasteiger partial charge on any atom is 0.225 e. The molecule has 4 rings (SSSR count). The number of methoxy groups -OCH3 is 1. The Balaban J connectivity index is 1.62. The van der Waals surface area contributed by atoms with Crippen LogP contribution in [0.1, 0.15) is 36.5 Å². The number of carbonyl (C=O) groups excluding carboxylic acids is 1. The van der Waals surface area contributed by atoms with Gasteiger partial charge in [-0.05, 0) is 29.2 Å². The van der Waals surface area contributed by atoms with Gasteiger partial charge < -0.3 is 9.64 Å². The lowest BCUT2D eigenvalue weighted by Crippen LogP contribution is -2.39. The second-order valence-electron chi connectivity index (χ2n) is 9.75. The second-order valence-corrected chi connectivity index (χ2v) is 9.75. The summed E-state index contributed by atoms with van der Waals surface area (Å²) < 4.78 is 20.1. The molecule has 0 radical (unpaired) electrons. The van der Waals surface area contributed by atoms with E-state index in [4.69, 9.17) is 4.74 Å². The number of ether oxygens (including phenoxy) is 1. The highest BCUT2D eigenvalue weighted by atomic mass is 19.1. The van der Waals surface area contributed by atoms with E-state index < -0.39 is 0 Å². The van der Waals surface area contributed by atoms with Crippen molar-refractivity contribution < 1.29 is 13.9 Å². The standard InChI is InChI=1S/C30H35FN2O2/c1-22(2)30(34)33(17-23-11-5-4-6-12-23)20-25-19-32(18-24-13-7-9-15-28(24)31)21-27(25)26-14-8-10-16-29(26)35-3/h4-16,22,25,27H,17-21H2,1-3H3. The van der Waals surface area contributed by atoms with Crippen molar-refractivity contribution in [1.82, 2.24) is 9.80 Å². The largest absolute Gasteiger partial charge is 0.496 e. The first-order valence-electron chi connectivity index (χ1n) is 12.4. The summed E-state index contributed by atoms with van der Waals surface area (Å²) in [7, 11) is 1.70. The molecule has 1 aliphatic heterocycles. The van der Waals surface area contributed by atoms with Crippen LogP contribution in [0.3, 0.4) is 0 Å². The molecule has 1 fully saturated rings. The number of hydrogen-bond donors (Lipinski definition) is 0. The van der Waals surface area contributed by atoms with Gasteiger partial charge >= 0.3 is 0 Å². The maximum absolute atomic E-state index is 14.4. The molecular formula is C30H35FN2O2. The number of nitrogens with zero attached hydrogens (tertiary/aromatic N) is 2. The topological polar surface area (TPSA) is 32.8 Å². The maximum atomic E-state index is 14.4. The molecule has 0 N–H and O–H groups in total. The summed E-state index contributed by atoms with van der Waals surface area (Å²) in [6, 6.07) is 25.3. The fourth-order valence-corrected chi connectivity index (χ4v) is 5.15. The van der Waals surface area contributed by atoms with Gasteiger partial charge in [0.1, 0.15) is 11.6 Å². The Labute approximate surface area is 208 Å². The van der Waals surface area contributed by atoms with Crippen LogP contribution in [0.15, 0.2) is 78.9 Å². The number of hydrogen-bond acceptors (Lipinski definition) is 3. The number of para-hydroxylation sites is 1. The minimum absolute atomic E-state index is 0.0839. The van der Waals surface area contributed by atoms with Gasteiger partial charge in [0.05, 0.1) is 7.11 Å². The molecule has 0 spiro atoms. The van der Waals surface area contributed by atoms with Gasteiger partial charge in [-0.1, -0.05) is 80.6 Å². The molecule has 1 saturated heterocycles. The highest BCUT2D eigenvalue weighted by molar-refractivity contribution is 5.78. The summed E-state index contributed by atoms with van der Waals surface area (Å²) >= 11 is 0. The van der Waals surface area contributed by atoms with Gasteiger partial charge in [-0.2, -0.15) is 0 Å². The Kier molecular flexibility index (Phi) is 8.19. The molecule has 1 heterocycles. The fraction of sp³-hybridized carbons (Fsp3) is 0.367. The molecule has 0 bridgehead atoms. The van der Waals surface area contributed by atoms with Crippen LogP contribution in [0.4, 0.5) is 4.39 Å². The molecule has 1 amide bonds. The van der Waals surface area contributed by atoms with E-state index >= 15 is 0 Å². The van der Waals surface area contributed by atoms with Crippen LogP contribution < -0.4 is 4.74 Å². The Morgan fingerprint density at radius 1 is 1.00 bits per heavy atom. The number of amides is 1. The molecule has 0 aromatic heterocycles. The SMILES string of the molecule is COc1ccccc1C1CN(Cc2ccccc2F)CC1CN(Cc1ccccc1)C(=O)C(C)C. The molecule has 0 aliphatic carbocycles. The van der Waals surface area contributed by atoms with Crippen LogP contribution in [-0.2, 0) is 17.9 Å². The lowest BCUT2D eigenvalue weighted by atomic mass is 9.87. The van der Waals surface area contributed by atoms with Crippen molar-refractivity contribution in [3.8, 4) is 5.75 Å². The van der Waals surface area contributed by atoms with Gasteiger partial charge in [0, 0.05) is 50.1 Å². The monoisotopic (exact) mass is 474 g/mol. The van der Waals surface area contributed by atoms with Crippen LogP contribution in [-0.4, -0.2) is 42.5 Å². The Morgan fingerprint density at radius 3 is 2.40 bits per heavy atom. The van der Waals surface area contributed by atoms with Gasteiger partial charge in [0.25, 0.3) is 0 Å². The number of likely N-dealkylation sites (tertiary alicyclic amines) is 1. The summed E-state index contributed by atoms with van der Waals surface area (Å²) in [6.07, 6.45) is 0. The number of benzene rings is 3. The van der Waals surface area contributed by atoms with Gasteiger partial charge in [-0.3, -0.25) is 9.69 Å².